The summed E-state index contributed by atoms with van der Waals surface area (Å²) in [7, 11) is 3.53. The number of aromatic nitrogens is 2. The Bertz CT molecular complexity index is 1530. The van der Waals surface area contributed by atoms with Crippen molar-refractivity contribution in [2.75, 3.05) is 38.8 Å². The zero-order valence-electron chi connectivity index (χ0n) is 24.9. The first kappa shape index (κ1) is 28.5. The van der Waals surface area contributed by atoms with E-state index in [0.29, 0.717) is 35.9 Å². The number of ether oxygens (including phenoxy) is 2. The first-order chi connectivity index (χ1) is 21.0. The molecule has 2 bridgehead atoms. The summed E-state index contributed by atoms with van der Waals surface area (Å²) in [4.78, 5) is 16.1. The van der Waals surface area contributed by atoms with Gasteiger partial charge in [0.05, 0.1) is 29.9 Å². The van der Waals surface area contributed by atoms with Crippen molar-refractivity contribution in [3.8, 4) is 18.0 Å². The zero-order valence-corrected chi connectivity index (χ0v) is 24.9. The first-order valence-electron chi connectivity index (χ1n) is 14.9. The molecule has 1 aliphatic carbocycles. The Hall–Kier alpha value is -4.60. The Kier molecular flexibility index (Phi) is 7.92. The van der Waals surface area contributed by atoms with Crippen LogP contribution in [0.3, 0.4) is 0 Å². The van der Waals surface area contributed by atoms with Crippen molar-refractivity contribution in [2.24, 2.45) is 5.41 Å². The summed E-state index contributed by atoms with van der Waals surface area (Å²) in [6.07, 6.45) is 14.2. The number of hydrogen-bond acceptors (Lipinski definition) is 9. The number of piperazine rings is 1. The van der Waals surface area contributed by atoms with Crippen molar-refractivity contribution in [3.63, 3.8) is 0 Å². The van der Waals surface area contributed by atoms with Crippen LogP contribution < -0.4 is 9.64 Å². The van der Waals surface area contributed by atoms with Crippen LogP contribution in [-0.4, -0.2) is 65.7 Å². The molecule has 0 N–H and O–H groups in total. The lowest BCUT2D eigenvalue weighted by Gasteiger charge is -2.56. The molecule has 2 aromatic rings. The molecule has 6 heterocycles. The molecule has 7 rings (SSSR count). The highest BCUT2D eigenvalue weighted by Gasteiger charge is 2.44. The van der Waals surface area contributed by atoms with E-state index in [1.54, 1.807) is 13.2 Å². The molecule has 0 amide bonds. The van der Waals surface area contributed by atoms with Crippen LogP contribution >= 0.6 is 0 Å². The fraction of sp³-hybridized carbons (Fsp3) is 0.412. The topological polar surface area (TPSA) is 102 Å². The third-order valence-corrected chi connectivity index (χ3v) is 9.21. The van der Waals surface area contributed by atoms with Crippen molar-refractivity contribution in [1.29, 1.82) is 10.5 Å². The van der Waals surface area contributed by atoms with Gasteiger partial charge in [0.2, 0.25) is 5.88 Å². The Morgan fingerprint density at radius 2 is 1.91 bits per heavy atom. The lowest BCUT2D eigenvalue weighted by molar-refractivity contribution is -0.00877. The van der Waals surface area contributed by atoms with Gasteiger partial charge < -0.3 is 19.3 Å². The van der Waals surface area contributed by atoms with Crippen molar-refractivity contribution >= 4 is 11.4 Å². The summed E-state index contributed by atoms with van der Waals surface area (Å²) in [5, 5.41) is 19.7. The molecular weight excluding hydrogens is 538 g/mol. The minimum atomic E-state index is -0.429. The van der Waals surface area contributed by atoms with Crippen molar-refractivity contribution in [1.82, 2.24) is 19.8 Å². The van der Waals surface area contributed by atoms with E-state index in [2.05, 4.69) is 51.7 Å². The predicted molar refractivity (Wildman–Crippen MR) is 164 cm³/mol. The molecule has 1 saturated carbocycles. The normalized spacial score (nSPS) is 23.7. The Labute approximate surface area is 253 Å². The highest BCUT2D eigenvalue weighted by molar-refractivity contribution is 5.83. The van der Waals surface area contributed by atoms with Crippen LogP contribution in [0.2, 0.25) is 0 Å². The van der Waals surface area contributed by atoms with Crippen LogP contribution in [0.5, 0.6) is 5.88 Å². The van der Waals surface area contributed by atoms with Gasteiger partial charge >= 0.3 is 0 Å². The van der Waals surface area contributed by atoms with Crippen molar-refractivity contribution < 1.29 is 9.47 Å². The number of fused-ring (bicyclic) bond motifs is 2. The van der Waals surface area contributed by atoms with E-state index in [1.807, 2.05) is 42.7 Å². The zero-order chi connectivity index (χ0) is 30.0. The van der Waals surface area contributed by atoms with Gasteiger partial charge in [-0.25, -0.2) is 9.97 Å². The third kappa shape index (κ3) is 5.61. The van der Waals surface area contributed by atoms with Crippen LogP contribution in [0.1, 0.15) is 43.2 Å². The maximum Gasteiger partial charge on any atom is 0.212 e. The summed E-state index contributed by atoms with van der Waals surface area (Å²) in [5.41, 5.74) is 3.72. The molecule has 4 fully saturated rings. The number of allylic oxidation sites excluding steroid dienone is 4. The number of nitriles is 2. The van der Waals surface area contributed by atoms with Gasteiger partial charge in [-0.1, -0.05) is 25.5 Å². The second-order valence-electron chi connectivity index (χ2n) is 11.9. The number of hydrogen-bond donors (Lipinski definition) is 0. The summed E-state index contributed by atoms with van der Waals surface area (Å²) in [5.74, 6) is 2.25. The van der Waals surface area contributed by atoms with Gasteiger partial charge in [-0.2, -0.15) is 10.5 Å². The lowest BCUT2D eigenvalue weighted by atomic mass is 9.87. The Morgan fingerprint density at radius 1 is 1.12 bits per heavy atom. The molecule has 220 valence electrons. The van der Waals surface area contributed by atoms with Crippen LogP contribution in [0.15, 0.2) is 78.6 Å². The van der Waals surface area contributed by atoms with E-state index >= 15 is 0 Å². The van der Waals surface area contributed by atoms with E-state index in [-0.39, 0.29) is 0 Å². The monoisotopic (exact) mass is 575 g/mol. The number of pyridine rings is 2. The smallest absolute Gasteiger partial charge is 0.212 e. The molecule has 2 aromatic heterocycles. The second-order valence-corrected chi connectivity index (χ2v) is 11.9. The fourth-order valence-corrected chi connectivity index (χ4v) is 6.79. The largest absolute Gasteiger partial charge is 0.490 e. The molecule has 0 spiro atoms. The SMILES string of the molecule is C=C/C(C#N)=C1/C(c2ccc(N3CC4CC(C3)N4Cc3ccc(OC)nc3)nc2)=CC(OCC2(C#N)CCCC2)=CN1C. The van der Waals surface area contributed by atoms with Gasteiger partial charge in [-0.15, -0.1) is 0 Å². The van der Waals surface area contributed by atoms with Crippen LogP contribution in [-0.2, 0) is 11.3 Å². The van der Waals surface area contributed by atoms with Gasteiger partial charge in [-0.3, -0.25) is 4.90 Å². The Balaban J connectivity index is 1.17. The van der Waals surface area contributed by atoms with Crippen molar-refractivity contribution in [3.05, 3.63) is 89.7 Å². The highest BCUT2D eigenvalue weighted by Crippen LogP contribution is 2.40. The molecule has 4 aliphatic heterocycles. The molecular formula is C34H37N7O2. The molecule has 2 atom stereocenters. The molecule has 43 heavy (non-hydrogen) atoms. The average molecular weight is 576 g/mol. The summed E-state index contributed by atoms with van der Waals surface area (Å²) in [6, 6.07) is 13.9. The molecule has 0 aromatic carbocycles. The standard InChI is InChI=1S/C34H37N7O2/c1-4-25(15-35)33-30(14-29(21-39(33)2)43-23-34(22-36)11-5-6-12-34)26-8-9-31(37-17-26)40-19-27-13-28(20-40)41(27)18-24-7-10-32(42-3)38-16-24/h4,7-10,14,16-17,21,27-28H,1,5-6,11-13,18-20,23H2,2-3H3/b33-25+. The van der Waals surface area contributed by atoms with Crippen LogP contribution in [0, 0.1) is 28.1 Å². The van der Waals surface area contributed by atoms with Gasteiger partial charge in [0.15, 0.2) is 0 Å². The maximum absolute atomic E-state index is 9.86. The van der Waals surface area contributed by atoms with Crippen molar-refractivity contribution in [2.45, 2.75) is 50.7 Å². The van der Waals surface area contributed by atoms with E-state index in [0.717, 1.165) is 68.0 Å². The molecule has 2 unspecified atom stereocenters. The fourth-order valence-electron chi connectivity index (χ4n) is 6.79. The maximum atomic E-state index is 9.86. The summed E-state index contributed by atoms with van der Waals surface area (Å²) < 4.78 is 11.4. The minimum Gasteiger partial charge on any atom is -0.490 e. The highest BCUT2D eigenvalue weighted by atomic mass is 16.5. The van der Waals surface area contributed by atoms with Gasteiger partial charge in [0.25, 0.3) is 0 Å². The van der Waals surface area contributed by atoms with E-state index in [9.17, 15) is 10.5 Å². The average Bonchev–Trinajstić information content (AvgIpc) is 3.54. The van der Waals surface area contributed by atoms with E-state index in [1.165, 1.54) is 12.0 Å². The molecule has 5 aliphatic rings. The number of rotatable bonds is 9. The Morgan fingerprint density at radius 3 is 2.51 bits per heavy atom. The summed E-state index contributed by atoms with van der Waals surface area (Å²) >= 11 is 0. The lowest BCUT2D eigenvalue weighted by Crippen LogP contribution is -2.68. The van der Waals surface area contributed by atoms with E-state index < -0.39 is 5.41 Å². The number of nitrogens with zero attached hydrogens (tertiary/aromatic N) is 7. The minimum absolute atomic E-state index is 0.360. The van der Waals surface area contributed by atoms with Gasteiger partial charge in [0.1, 0.15) is 24.3 Å². The number of likely N-dealkylation sites (N-methyl/N-ethyl adjacent to an activating group) is 1. The molecule has 0 radical (unpaired) electrons. The number of methoxy groups -OCH3 is 1. The molecule has 9 heteroatoms. The summed E-state index contributed by atoms with van der Waals surface area (Å²) in [6.45, 7) is 6.98. The predicted octanol–water partition coefficient (Wildman–Crippen LogP) is 5.18. The quantitative estimate of drug-likeness (QED) is 0.374. The van der Waals surface area contributed by atoms with Gasteiger partial charge in [-0.05, 0) is 49.1 Å². The van der Waals surface area contributed by atoms with Gasteiger partial charge in [0, 0.05) is 74.6 Å². The first-order valence-corrected chi connectivity index (χ1v) is 14.9. The van der Waals surface area contributed by atoms with Crippen LogP contribution in [0.25, 0.3) is 5.57 Å². The third-order valence-electron chi connectivity index (χ3n) is 9.21. The second kappa shape index (κ2) is 11.9. The van der Waals surface area contributed by atoms with Crippen LogP contribution in [0.4, 0.5) is 5.82 Å². The molecule has 3 saturated heterocycles. The number of anilines is 1. The number of piperidine rings is 1. The molecule has 9 nitrogen and oxygen atoms in total. The van der Waals surface area contributed by atoms with E-state index in [4.69, 9.17) is 14.5 Å².